The Morgan fingerprint density at radius 1 is 1.33 bits per heavy atom. The Morgan fingerprint density at radius 3 is 2.93 bits per heavy atom. The quantitative estimate of drug-likeness (QED) is 0.656. The molecule has 0 saturated heterocycles. The summed E-state index contributed by atoms with van der Waals surface area (Å²) in [7, 11) is 1.33. The number of fused-ring (bicyclic) bond motifs is 1. The highest BCUT2D eigenvalue weighted by molar-refractivity contribution is 5.88. The van der Waals surface area contributed by atoms with E-state index in [0.717, 1.165) is 11.3 Å². The van der Waals surface area contributed by atoms with Crippen LogP contribution in [0.1, 0.15) is 5.56 Å². The molecule has 1 aliphatic rings. The van der Waals surface area contributed by atoms with Crippen molar-refractivity contribution in [3.05, 3.63) is 41.6 Å². The first-order chi connectivity index (χ1) is 7.31. The summed E-state index contributed by atoms with van der Waals surface area (Å²) in [6.45, 7) is 0. The fourth-order valence-corrected chi connectivity index (χ4v) is 1.36. The topological polar surface area (TPSA) is 51.0 Å². The molecular weight excluding hydrogens is 192 g/mol. The van der Waals surface area contributed by atoms with Gasteiger partial charge in [0.1, 0.15) is 0 Å². The third-order valence-corrected chi connectivity index (χ3v) is 2.17. The van der Waals surface area contributed by atoms with Crippen LogP contribution in [-0.4, -0.2) is 13.1 Å². The number of methoxy groups -OCH3 is 1. The number of rotatable bonds is 1. The van der Waals surface area contributed by atoms with Crippen molar-refractivity contribution in [2.45, 2.75) is 6.42 Å². The molecule has 1 aromatic rings. The van der Waals surface area contributed by atoms with Crippen LogP contribution >= 0.6 is 0 Å². The highest BCUT2D eigenvalue weighted by Gasteiger charge is 2.12. The maximum Gasteiger partial charge on any atom is 0.358 e. The zero-order valence-corrected chi connectivity index (χ0v) is 8.30. The van der Waals surface area contributed by atoms with E-state index >= 15 is 0 Å². The summed E-state index contributed by atoms with van der Waals surface area (Å²) in [5.41, 5.74) is 2.11. The number of azo groups is 1. The summed E-state index contributed by atoms with van der Waals surface area (Å²) in [5.74, 6) is -0.452. The molecular formula is C11H10N2O2. The van der Waals surface area contributed by atoms with Crippen LogP contribution in [0.3, 0.4) is 0 Å². The highest BCUT2D eigenvalue weighted by atomic mass is 16.5. The standard InChI is InChI=1S/C11H10N2O2/c1-15-11(14)10-7-6-8-4-2-3-5-9(8)12-13-10/h2-5,7H,6H2,1H3. The second kappa shape index (κ2) is 4.04. The summed E-state index contributed by atoms with van der Waals surface area (Å²) in [6, 6.07) is 7.66. The van der Waals surface area contributed by atoms with E-state index < -0.39 is 5.97 Å². The molecule has 4 heteroatoms. The molecule has 2 rings (SSSR count). The predicted molar refractivity (Wildman–Crippen MR) is 54.8 cm³/mol. The molecule has 0 saturated carbocycles. The van der Waals surface area contributed by atoms with E-state index in [9.17, 15) is 4.79 Å². The van der Waals surface area contributed by atoms with Crippen LogP contribution in [0.4, 0.5) is 5.69 Å². The molecule has 1 heterocycles. The highest BCUT2D eigenvalue weighted by Crippen LogP contribution is 2.24. The third-order valence-electron chi connectivity index (χ3n) is 2.17. The Balaban J connectivity index is 2.33. The van der Waals surface area contributed by atoms with Crippen LogP contribution < -0.4 is 0 Å². The smallest absolute Gasteiger partial charge is 0.358 e. The molecule has 0 amide bonds. The van der Waals surface area contributed by atoms with Crippen molar-refractivity contribution in [3.63, 3.8) is 0 Å². The van der Waals surface area contributed by atoms with Crippen LogP contribution in [0.2, 0.25) is 0 Å². The summed E-state index contributed by atoms with van der Waals surface area (Å²) in [5, 5.41) is 7.84. The minimum Gasteiger partial charge on any atom is -0.464 e. The van der Waals surface area contributed by atoms with E-state index in [1.807, 2.05) is 24.3 Å². The lowest BCUT2D eigenvalue weighted by atomic mass is 10.1. The van der Waals surface area contributed by atoms with Gasteiger partial charge in [0.2, 0.25) is 0 Å². The fraction of sp³-hybridized carbons (Fsp3) is 0.182. The molecule has 0 spiro atoms. The van der Waals surface area contributed by atoms with Crippen molar-refractivity contribution in [2.75, 3.05) is 7.11 Å². The maximum atomic E-state index is 11.2. The Hall–Kier alpha value is -1.97. The van der Waals surface area contributed by atoms with E-state index in [0.29, 0.717) is 6.42 Å². The van der Waals surface area contributed by atoms with Crippen LogP contribution in [0.25, 0.3) is 0 Å². The van der Waals surface area contributed by atoms with Crippen LogP contribution in [0, 0.1) is 0 Å². The van der Waals surface area contributed by atoms with Crippen LogP contribution in [0.15, 0.2) is 46.3 Å². The normalized spacial score (nSPS) is 13.8. The predicted octanol–water partition coefficient (Wildman–Crippen LogP) is 2.38. The summed E-state index contributed by atoms with van der Waals surface area (Å²) in [6.07, 6.45) is 2.37. The summed E-state index contributed by atoms with van der Waals surface area (Å²) >= 11 is 0. The number of esters is 1. The van der Waals surface area contributed by atoms with Crippen LogP contribution in [0.5, 0.6) is 0 Å². The molecule has 15 heavy (non-hydrogen) atoms. The fourth-order valence-electron chi connectivity index (χ4n) is 1.36. The number of hydrogen-bond acceptors (Lipinski definition) is 4. The SMILES string of the molecule is COC(=O)C1=CCc2ccccc2N=N1. The van der Waals surface area contributed by atoms with Crippen molar-refractivity contribution < 1.29 is 9.53 Å². The van der Waals surface area contributed by atoms with Gasteiger partial charge in [-0.3, -0.25) is 0 Å². The lowest BCUT2D eigenvalue weighted by Crippen LogP contribution is -2.02. The molecule has 0 aromatic heterocycles. The summed E-state index contributed by atoms with van der Waals surface area (Å²) in [4.78, 5) is 11.2. The first-order valence-corrected chi connectivity index (χ1v) is 4.59. The van der Waals surface area contributed by atoms with Gasteiger partial charge in [-0.2, -0.15) is 5.11 Å². The molecule has 0 fully saturated rings. The molecule has 0 atom stereocenters. The molecule has 0 unspecified atom stereocenters. The van der Waals surface area contributed by atoms with E-state index in [1.165, 1.54) is 7.11 Å². The number of carbonyl (C=O) groups excluding carboxylic acids is 1. The lowest BCUT2D eigenvalue weighted by molar-refractivity contribution is -0.136. The molecule has 0 radical (unpaired) electrons. The van der Waals surface area contributed by atoms with Crippen molar-refractivity contribution in [1.29, 1.82) is 0 Å². The molecule has 0 aliphatic carbocycles. The number of carbonyl (C=O) groups is 1. The minimum atomic E-state index is -0.452. The Morgan fingerprint density at radius 2 is 2.13 bits per heavy atom. The molecule has 0 N–H and O–H groups in total. The van der Waals surface area contributed by atoms with Gasteiger partial charge in [0.15, 0.2) is 5.70 Å². The van der Waals surface area contributed by atoms with Gasteiger partial charge < -0.3 is 4.74 Å². The van der Waals surface area contributed by atoms with E-state index in [-0.39, 0.29) is 5.70 Å². The lowest BCUT2D eigenvalue weighted by Gasteiger charge is -1.97. The van der Waals surface area contributed by atoms with Crippen molar-refractivity contribution in [1.82, 2.24) is 0 Å². The van der Waals surface area contributed by atoms with Gasteiger partial charge in [0, 0.05) is 0 Å². The van der Waals surface area contributed by atoms with Crippen molar-refractivity contribution in [2.24, 2.45) is 10.2 Å². The van der Waals surface area contributed by atoms with Gasteiger partial charge in [-0.1, -0.05) is 18.2 Å². The average molecular weight is 202 g/mol. The first-order valence-electron chi connectivity index (χ1n) is 4.59. The number of benzene rings is 1. The maximum absolute atomic E-state index is 11.2. The monoisotopic (exact) mass is 202 g/mol. The van der Waals surface area contributed by atoms with Crippen molar-refractivity contribution >= 4 is 11.7 Å². The van der Waals surface area contributed by atoms with Gasteiger partial charge in [-0.15, -0.1) is 5.11 Å². The van der Waals surface area contributed by atoms with Gasteiger partial charge in [0.05, 0.1) is 12.8 Å². The first kappa shape index (κ1) is 9.58. The second-order valence-corrected chi connectivity index (χ2v) is 3.11. The van der Waals surface area contributed by atoms with E-state index in [2.05, 4.69) is 15.0 Å². The molecule has 0 bridgehead atoms. The average Bonchev–Trinajstić information content (AvgIpc) is 2.50. The molecule has 4 nitrogen and oxygen atoms in total. The van der Waals surface area contributed by atoms with Gasteiger partial charge in [0.25, 0.3) is 0 Å². The van der Waals surface area contributed by atoms with Gasteiger partial charge >= 0.3 is 5.97 Å². The largest absolute Gasteiger partial charge is 0.464 e. The number of ether oxygens (including phenoxy) is 1. The summed E-state index contributed by atoms with van der Waals surface area (Å²) < 4.78 is 4.58. The number of nitrogens with zero attached hydrogens (tertiary/aromatic N) is 2. The zero-order valence-electron chi connectivity index (χ0n) is 8.30. The Bertz CT molecular complexity index is 450. The third kappa shape index (κ3) is 1.93. The molecule has 1 aromatic carbocycles. The molecule has 76 valence electrons. The minimum absolute atomic E-state index is 0.258. The van der Waals surface area contributed by atoms with Gasteiger partial charge in [-0.05, 0) is 24.1 Å². The Labute approximate surface area is 87.3 Å². The number of hydrogen-bond donors (Lipinski definition) is 0. The number of allylic oxidation sites excluding steroid dienone is 1. The van der Waals surface area contributed by atoms with Crippen LogP contribution in [-0.2, 0) is 16.0 Å². The van der Waals surface area contributed by atoms with E-state index in [4.69, 9.17) is 0 Å². The van der Waals surface area contributed by atoms with Gasteiger partial charge in [-0.25, -0.2) is 4.79 Å². The second-order valence-electron chi connectivity index (χ2n) is 3.11. The van der Waals surface area contributed by atoms with E-state index in [1.54, 1.807) is 6.08 Å². The molecule has 1 aliphatic heterocycles. The van der Waals surface area contributed by atoms with Crippen molar-refractivity contribution in [3.8, 4) is 0 Å². The zero-order chi connectivity index (χ0) is 10.7. The Kier molecular flexibility index (Phi) is 2.58.